The molecule has 0 saturated carbocycles. The maximum absolute atomic E-state index is 12.6. The highest BCUT2D eigenvalue weighted by Crippen LogP contribution is 2.35. The van der Waals surface area contributed by atoms with E-state index in [9.17, 15) is 4.79 Å². The summed E-state index contributed by atoms with van der Waals surface area (Å²) < 4.78 is 0. The van der Waals surface area contributed by atoms with E-state index in [1.807, 2.05) is 11.8 Å². The highest BCUT2D eigenvalue weighted by Gasteiger charge is 2.44. The van der Waals surface area contributed by atoms with Gasteiger partial charge in [-0.05, 0) is 19.3 Å². The fraction of sp³-hybridized carbons (Fsp3) is 0.923. The van der Waals surface area contributed by atoms with Crippen molar-refractivity contribution in [2.24, 2.45) is 5.92 Å². The Hall–Kier alpha value is -0.220. The van der Waals surface area contributed by atoms with Gasteiger partial charge in [-0.1, -0.05) is 13.8 Å². The van der Waals surface area contributed by atoms with E-state index in [0.717, 1.165) is 19.5 Å². The van der Waals surface area contributed by atoms with Gasteiger partial charge in [0.15, 0.2) is 0 Å². The zero-order valence-electron chi connectivity index (χ0n) is 10.7. The van der Waals surface area contributed by atoms with Gasteiger partial charge in [0, 0.05) is 35.7 Å². The number of nitrogens with zero attached hydrogens (tertiary/aromatic N) is 1. The van der Waals surface area contributed by atoms with Gasteiger partial charge in [-0.25, -0.2) is 0 Å². The van der Waals surface area contributed by atoms with E-state index in [1.54, 1.807) is 0 Å². The Morgan fingerprint density at radius 3 is 2.47 bits per heavy atom. The van der Waals surface area contributed by atoms with Crippen molar-refractivity contribution in [1.29, 1.82) is 0 Å². The second-order valence-electron chi connectivity index (χ2n) is 5.89. The number of amides is 1. The van der Waals surface area contributed by atoms with Crippen LogP contribution in [0.2, 0.25) is 0 Å². The van der Waals surface area contributed by atoms with E-state index in [-0.39, 0.29) is 5.92 Å². The van der Waals surface area contributed by atoms with Crippen molar-refractivity contribution in [1.82, 2.24) is 10.2 Å². The van der Waals surface area contributed by atoms with Gasteiger partial charge in [0.1, 0.15) is 0 Å². The summed E-state index contributed by atoms with van der Waals surface area (Å²) in [5.41, 5.74) is 0. The third kappa shape index (κ3) is 2.22. The van der Waals surface area contributed by atoms with E-state index >= 15 is 0 Å². The summed E-state index contributed by atoms with van der Waals surface area (Å²) in [6.45, 7) is 6.36. The fourth-order valence-corrected chi connectivity index (χ4v) is 5.01. The van der Waals surface area contributed by atoms with Crippen molar-refractivity contribution in [3.63, 3.8) is 0 Å². The number of hydrogen-bond donors (Lipinski definition) is 1. The summed E-state index contributed by atoms with van der Waals surface area (Å²) in [5.74, 6) is 0.694. The molecule has 17 heavy (non-hydrogen) atoms. The monoisotopic (exact) mass is 254 g/mol. The minimum Gasteiger partial charge on any atom is -0.340 e. The molecule has 2 bridgehead atoms. The molecule has 3 aliphatic heterocycles. The minimum atomic E-state index is 0.274. The van der Waals surface area contributed by atoms with E-state index in [1.165, 1.54) is 12.8 Å². The first-order chi connectivity index (χ1) is 8.13. The summed E-state index contributed by atoms with van der Waals surface area (Å²) in [7, 11) is 0. The van der Waals surface area contributed by atoms with Crippen LogP contribution < -0.4 is 5.32 Å². The zero-order chi connectivity index (χ0) is 12.0. The van der Waals surface area contributed by atoms with Crippen molar-refractivity contribution in [2.45, 2.75) is 55.7 Å². The van der Waals surface area contributed by atoms with Gasteiger partial charge in [-0.2, -0.15) is 11.8 Å². The standard InChI is InChI=1S/C13H22N2OS/c1-8-6-15(7-9(2)17-8)13(16)11-5-10-3-4-12(11)14-10/h8-12,14H,3-7H2,1-2H3. The lowest BCUT2D eigenvalue weighted by Crippen LogP contribution is -2.48. The Morgan fingerprint density at radius 1 is 1.24 bits per heavy atom. The van der Waals surface area contributed by atoms with Crippen LogP contribution in [0.3, 0.4) is 0 Å². The van der Waals surface area contributed by atoms with Crippen molar-refractivity contribution in [3.05, 3.63) is 0 Å². The van der Waals surface area contributed by atoms with Crippen molar-refractivity contribution in [2.75, 3.05) is 13.1 Å². The van der Waals surface area contributed by atoms with Crippen molar-refractivity contribution in [3.8, 4) is 0 Å². The van der Waals surface area contributed by atoms with E-state index < -0.39 is 0 Å². The average molecular weight is 254 g/mol. The number of rotatable bonds is 1. The van der Waals surface area contributed by atoms with Gasteiger partial charge in [0.05, 0.1) is 5.92 Å². The number of carbonyl (C=O) groups excluding carboxylic acids is 1. The lowest BCUT2D eigenvalue weighted by atomic mass is 9.88. The number of nitrogens with one attached hydrogen (secondary N) is 1. The second kappa shape index (κ2) is 4.47. The Bertz CT molecular complexity index is 313. The topological polar surface area (TPSA) is 32.3 Å². The average Bonchev–Trinajstić information content (AvgIpc) is 2.88. The Kier molecular flexibility index (Phi) is 3.11. The van der Waals surface area contributed by atoms with Gasteiger partial charge in [-0.3, -0.25) is 4.79 Å². The maximum Gasteiger partial charge on any atom is 0.227 e. The summed E-state index contributed by atoms with van der Waals surface area (Å²) in [5, 5.41) is 4.75. The molecule has 0 aromatic carbocycles. The molecule has 3 heterocycles. The molecule has 1 amide bonds. The van der Waals surface area contributed by atoms with Crippen LogP contribution in [0, 0.1) is 5.92 Å². The summed E-state index contributed by atoms with van der Waals surface area (Å²) in [6, 6.07) is 1.11. The first kappa shape index (κ1) is 11.8. The van der Waals surface area contributed by atoms with Crippen molar-refractivity contribution >= 4 is 17.7 Å². The van der Waals surface area contributed by atoms with Crippen LogP contribution in [0.1, 0.15) is 33.1 Å². The van der Waals surface area contributed by atoms with Crippen molar-refractivity contribution < 1.29 is 4.79 Å². The van der Waals surface area contributed by atoms with Crippen LogP contribution in [0.25, 0.3) is 0 Å². The molecule has 3 nitrogen and oxygen atoms in total. The Morgan fingerprint density at radius 2 is 1.94 bits per heavy atom. The molecule has 1 N–H and O–H groups in total. The number of hydrogen-bond acceptors (Lipinski definition) is 3. The highest BCUT2D eigenvalue weighted by molar-refractivity contribution is 8.00. The predicted octanol–water partition coefficient (Wildman–Crippen LogP) is 1.48. The Labute approximate surface area is 108 Å². The van der Waals surface area contributed by atoms with E-state index in [0.29, 0.717) is 28.5 Å². The largest absolute Gasteiger partial charge is 0.340 e. The lowest BCUT2D eigenvalue weighted by Gasteiger charge is -2.37. The third-order valence-corrected chi connectivity index (χ3v) is 5.58. The highest BCUT2D eigenvalue weighted by atomic mass is 32.2. The van der Waals surface area contributed by atoms with Gasteiger partial charge in [0.2, 0.25) is 5.91 Å². The first-order valence-electron chi connectivity index (χ1n) is 6.84. The smallest absolute Gasteiger partial charge is 0.227 e. The molecule has 4 heteroatoms. The zero-order valence-corrected chi connectivity index (χ0v) is 11.5. The molecule has 3 rings (SSSR count). The van der Waals surface area contributed by atoms with Crippen LogP contribution in [0.5, 0.6) is 0 Å². The molecule has 0 aromatic rings. The lowest BCUT2D eigenvalue weighted by molar-refractivity contribution is -0.136. The van der Waals surface area contributed by atoms with Gasteiger partial charge < -0.3 is 10.2 Å². The first-order valence-corrected chi connectivity index (χ1v) is 7.78. The van der Waals surface area contributed by atoms with Crippen LogP contribution in [-0.2, 0) is 4.79 Å². The van der Waals surface area contributed by atoms with E-state index in [2.05, 4.69) is 24.1 Å². The summed E-state index contributed by atoms with van der Waals surface area (Å²) in [4.78, 5) is 14.7. The normalized spacial score (nSPS) is 45.3. The molecule has 0 radical (unpaired) electrons. The minimum absolute atomic E-state index is 0.274. The van der Waals surface area contributed by atoms with Crippen LogP contribution in [0.4, 0.5) is 0 Å². The quantitative estimate of drug-likeness (QED) is 0.769. The number of carbonyl (C=O) groups is 1. The van der Waals surface area contributed by atoms with Gasteiger partial charge in [0.25, 0.3) is 0 Å². The van der Waals surface area contributed by atoms with Crippen LogP contribution in [-0.4, -0.2) is 46.5 Å². The summed E-state index contributed by atoms with van der Waals surface area (Å²) >= 11 is 2.01. The molecule has 3 saturated heterocycles. The molecule has 96 valence electrons. The second-order valence-corrected chi connectivity index (χ2v) is 7.77. The fourth-order valence-electron chi connectivity index (χ4n) is 3.69. The molecule has 5 unspecified atom stereocenters. The predicted molar refractivity (Wildman–Crippen MR) is 71.1 cm³/mol. The molecule has 3 fully saturated rings. The molecule has 3 aliphatic rings. The third-order valence-electron chi connectivity index (χ3n) is 4.35. The van der Waals surface area contributed by atoms with Crippen LogP contribution in [0.15, 0.2) is 0 Å². The van der Waals surface area contributed by atoms with Crippen LogP contribution >= 0.6 is 11.8 Å². The van der Waals surface area contributed by atoms with Gasteiger partial charge in [-0.15, -0.1) is 0 Å². The molecule has 0 spiro atoms. The van der Waals surface area contributed by atoms with E-state index in [4.69, 9.17) is 0 Å². The maximum atomic E-state index is 12.6. The number of fused-ring (bicyclic) bond motifs is 2. The molecule has 0 aliphatic carbocycles. The molecular formula is C13H22N2OS. The SMILES string of the molecule is CC1CN(C(=O)C2CC3CCC2N3)CC(C)S1. The van der Waals surface area contributed by atoms with Gasteiger partial charge >= 0.3 is 0 Å². The Balaban J connectivity index is 1.65. The number of thioether (sulfide) groups is 1. The molecular weight excluding hydrogens is 232 g/mol. The summed E-state index contributed by atoms with van der Waals surface area (Å²) in [6.07, 6.45) is 3.56. The molecule has 0 aromatic heterocycles. The molecule has 5 atom stereocenters.